The van der Waals surface area contributed by atoms with E-state index in [1.165, 1.54) is 32.1 Å². The molecule has 4 unspecified atom stereocenters. The van der Waals surface area contributed by atoms with Crippen LogP contribution in [0.25, 0.3) is 0 Å². The molecular weight excluding hydrogens is 146 g/mol. The van der Waals surface area contributed by atoms with E-state index >= 15 is 0 Å². The molecule has 2 saturated carbocycles. The molecule has 70 valence electrons. The van der Waals surface area contributed by atoms with Gasteiger partial charge in [-0.15, -0.1) is 0 Å². The molecule has 2 rings (SSSR count). The molecule has 0 saturated heterocycles. The van der Waals surface area contributed by atoms with Crippen molar-refractivity contribution in [1.29, 1.82) is 0 Å². The first-order valence-corrected chi connectivity index (χ1v) is 5.53. The highest BCUT2D eigenvalue weighted by Gasteiger charge is 2.35. The number of hydrogen-bond acceptors (Lipinski definition) is 1. The van der Waals surface area contributed by atoms with Crippen LogP contribution in [0.15, 0.2) is 0 Å². The summed E-state index contributed by atoms with van der Waals surface area (Å²) in [6.07, 6.45) is 7.19. The number of hydrogen-bond donors (Lipinski definition) is 1. The van der Waals surface area contributed by atoms with Gasteiger partial charge in [-0.1, -0.05) is 26.7 Å². The molecule has 2 fully saturated rings. The zero-order chi connectivity index (χ0) is 8.55. The van der Waals surface area contributed by atoms with Gasteiger partial charge in [0.2, 0.25) is 0 Å². The smallest absolute Gasteiger partial charge is 0.00990 e. The van der Waals surface area contributed by atoms with Gasteiger partial charge >= 0.3 is 0 Å². The van der Waals surface area contributed by atoms with E-state index in [9.17, 15) is 0 Å². The van der Waals surface area contributed by atoms with Gasteiger partial charge in [0.1, 0.15) is 0 Å². The lowest BCUT2D eigenvalue weighted by Crippen LogP contribution is -2.39. The van der Waals surface area contributed by atoms with Crippen LogP contribution in [0.4, 0.5) is 0 Å². The van der Waals surface area contributed by atoms with Crippen LogP contribution in [-0.2, 0) is 0 Å². The van der Waals surface area contributed by atoms with Crippen molar-refractivity contribution in [2.24, 2.45) is 11.8 Å². The van der Waals surface area contributed by atoms with Crippen molar-refractivity contribution in [2.45, 2.75) is 58.0 Å². The fraction of sp³-hybridized carbons (Fsp3) is 1.00. The summed E-state index contributed by atoms with van der Waals surface area (Å²) in [7, 11) is 0. The molecule has 0 aromatic heterocycles. The van der Waals surface area contributed by atoms with Gasteiger partial charge in [0.15, 0.2) is 0 Å². The predicted octanol–water partition coefficient (Wildman–Crippen LogP) is 2.56. The van der Waals surface area contributed by atoms with Gasteiger partial charge in [-0.2, -0.15) is 0 Å². The van der Waals surface area contributed by atoms with E-state index in [4.69, 9.17) is 0 Å². The van der Waals surface area contributed by atoms with Gasteiger partial charge in [0.05, 0.1) is 0 Å². The second-order valence-corrected chi connectivity index (χ2v) is 4.85. The van der Waals surface area contributed by atoms with Crippen LogP contribution in [0.5, 0.6) is 0 Å². The van der Waals surface area contributed by atoms with E-state index in [2.05, 4.69) is 19.2 Å². The Kier molecular flexibility index (Phi) is 2.40. The monoisotopic (exact) mass is 167 g/mol. The minimum atomic E-state index is 0.841. The lowest BCUT2D eigenvalue weighted by molar-refractivity contribution is 0.276. The maximum Gasteiger partial charge on any atom is 0.00990 e. The molecule has 0 heterocycles. The molecule has 0 aromatic rings. The Morgan fingerprint density at radius 1 is 0.917 bits per heavy atom. The molecule has 1 N–H and O–H groups in total. The summed E-state index contributed by atoms with van der Waals surface area (Å²) in [4.78, 5) is 0. The molecule has 1 nitrogen and oxygen atoms in total. The molecule has 4 atom stereocenters. The van der Waals surface area contributed by atoms with Crippen LogP contribution in [0.1, 0.15) is 46.0 Å². The maximum absolute atomic E-state index is 3.79. The zero-order valence-electron chi connectivity index (χ0n) is 8.34. The van der Waals surface area contributed by atoms with Crippen LogP contribution in [0, 0.1) is 11.8 Å². The number of nitrogens with one attached hydrogen (secondary N) is 1. The molecular formula is C11H21N. The minimum Gasteiger partial charge on any atom is -0.311 e. The summed E-state index contributed by atoms with van der Waals surface area (Å²) in [5.41, 5.74) is 0. The van der Waals surface area contributed by atoms with Gasteiger partial charge in [-0.3, -0.25) is 0 Å². The summed E-state index contributed by atoms with van der Waals surface area (Å²) in [6, 6.07) is 1.71. The topological polar surface area (TPSA) is 12.0 Å². The number of rotatable bonds is 2. The fourth-order valence-electron chi connectivity index (χ4n) is 2.39. The Bertz CT molecular complexity index is 155. The van der Waals surface area contributed by atoms with Crippen molar-refractivity contribution in [1.82, 2.24) is 5.32 Å². The van der Waals surface area contributed by atoms with Crippen LogP contribution in [-0.4, -0.2) is 12.1 Å². The van der Waals surface area contributed by atoms with E-state index < -0.39 is 0 Å². The highest BCUT2D eigenvalue weighted by molar-refractivity contribution is 4.93. The SMILES string of the molecule is CC1CCCCC1NC1CC1C. The summed E-state index contributed by atoms with van der Waals surface area (Å²) >= 11 is 0. The third-order valence-corrected chi connectivity index (χ3v) is 3.65. The standard InChI is InChI=1S/C11H21N/c1-8-5-3-4-6-10(8)12-11-7-9(11)2/h8-12H,3-7H2,1-2H3. The van der Waals surface area contributed by atoms with E-state index in [0.717, 1.165) is 23.9 Å². The summed E-state index contributed by atoms with van der Waals surface area (Å²) in [5.74, 6) is 1.88. The largest absolute Gasteiger partial charge is 0.311 e. The van der Waals surface area contributed by atoms with Crippen LogP contribution < -0.4 is 5.32 Å². The molecule has 0 spiro atoms. The van der Waals surface area contributed by atoms with Gasteiger partial charge < -0.3 is 5.32 Å². The molecule has 0 aliphatic heterocycles. The summed E-state index contributed by atoms with van der Waals surface area (Å²) in [5, 5.41) is 3.79. The maximum atomic E-state index is 3.79. The second-order valence-electron chi connectivity index (χ2n) is 4.85. The Hall–Kier alpha value is -0.0400. The van der Waals surface area contributed by atoms with Crippen molar-refractivity contribution < 1.29 is 0 Å². The van der Waals surface area contributed by atoms with Crippen LogP contribution >= 0.6 is 0 Å². The molecule has 0 radical (unpaired) electrons. The predicted molar refractivity (Wildman–Crippen MR) is 52.1 cm³/mol. The Labute approximate surface area is 75.9 Å². The quantitative estimate of drug-likeness (QED) is 0.666. The lowest BCUT2D eigenvalue weighted by Gasteiger charge is -2.29. The van der Waals surface area contributed by atoms with E-state index in [1.54, 1.807) is 0 Å². The molecule has 0 amide bonds. The molecule has 0 aromatic carbocycles. The average molecular weight is 167 g/mol. The van der Waals surface area contributed by atoms with Gasteiger partial charge in [0.25, 0.3) is 0 Å². The molecule has 2 aliphatic carbocycles. The van der Waals surface area contributed by atoms with Gasteiger partial charge in [-0.05, 0) is 31.1 Å². The minimum absolute atomic E-state index is 0.841. The van der Waals surface area contributed by atoms with Crippen molar-refractivity contribution in [3.05, 3.63) is 0 Å². The first-order chi connectivity index (χ1) is 5.77. The first-order valence-electron chi connectivity index (χ1n) is 5.53. The van der Waals surface area contributed by atoms with Crippen molar-refractivity contribution in [2.75, 3.05) is 0 Å². The molecule has 12 heavy (non-hydrogen) atoms. The fourth-order valence-corrected chi connectivity index (χ4v) is 2.39. The second kappa shape index (κ2) is 3.37. The van der Waals surface area contributed by atoms with E-state index in [0.29, 0.717) is 0 Å². The zero-order valence-corrected chi connectivity index (χ0v) is 8.34. The first kappa shape index (κ1) is 8.55. The van der Waals surface area contributed by atoms with Crippen molar-refractivity contribution >= 4 is 0 Å². The third-order valence-electron chi connectivity index (χ3n) is 3.65. The van der Waals surface area contributed by atoms with Crippen molar-refractivity contribution in [3.8, 4) is 0 Å². The highest BCUT2D eigenvalue weighted by atomic mass is 15.0. The highest BCUT2D eigenvalue weighted by Crippen LogP contribution is 2.32. The van der Waals surface area contributed by atoms with Gasteiger partial charge in [0, 0.05) is 12.1 Å². The van der Waals surface area contributed by atoms with E-state index in [-0.39, 0.29) is 0 Å². The van der Waals surface area contributed by atoms with E-state index in [1.807, 2.05) is 0 Å². The third kappa shape index (κ3) is 1.82. The molecule has 0 bridgehead atoms. The van der Waals surface area contributed by atoms with Crippen molar-refractivity contribution in [3.63, 3.8) is 0 Å². The summed E-state index contributed by atoms with van der Waals surface area (Å²) in [6.45, 7) is 4.76. The lowest BCUT2D eigenvalue weighted by atomic mass is 9.86. The Morgan fingerprint density at radius 2 is 1.58 bits per heavy atom. The Morgan fingerprint density at radius 3 is 2.17 bits per heavy atom. The molecule has 2 aliphatic rings. The van der Waals surface area contributed by atoms with Crippen LogP contribution in [0.3, 0.4) is 0 Å². The average Bonchev–Trinajstić information content (AvgIpc) is 2.72. The normalized spacial score (nSPS) is 47.5. The Balaban J connectivity index is 1.77. The van der Waals surface area contributed by atoms with Crippen LogP contribution in [0.2, 0.25) is 0 Å². The van der Waals surface area contributed by atoms with Gasteiger partial charge in [-0.25, -0.2) is 0 Å². The molecule has 1 heteroatoms. The summed E-state index contributed by atoms with van der Waals surface area (Å²) < 4.78 is 0.